The first-order valence-electron chi connectivity index (χ1n) is 34.9. The highest BCUT2D eigenvalue weighted by molar-refractivity contribution is 5.71. The Labute approximate surface area is 508 Å². The van der Waals surface area contributed by atoms with Crippen molar-refractivity contribution in [1.82, 2.24) is 0 Å². The number of hydrogen-bond acceptors (Lipinski definition) is 6. The van der Waals surface area contributed by atoms with Crippen molar-refractivity contribution in [2.75, 3.05) is 13.2 Å². The Kier molecular flexibility index (Phi) is 66.2. The van der Waals surface area contributed by atoms with Gasteiger partial charge in [0.1, 0.15) is 13.2 Å². The summed E-state index contributed by atoms with van der Waals surface area (Å²) in [4.78, 5) is 38.4. The van der Waals surface area contributed by atoms with Gasteiger partial charge in [0, 0.05) is 19.3 Å². The molecule has 0 rings (SSSR count). The lowest BCUT2D eigenvalue weighted by molar-refractivity contribution is -0.167. The quantitative estimate of drug-likeness (QED) is 0.0261. The van der Waals surface area contributed by atoms with Gasteiger partial charge in [0.2, 0.25) is 0 Å². The number of unbranched alkanes of at least 4 members (excludes halogenated alkanes) is 34. The van der Waals surface area contributed by atoms with Gasteiger partial charge in [-0.25, -0.2) is 0 Å². The van der Waals surface area contributed by atoms with Crippen LogP contribution < -0.4 is 0 Å². The average molecular weight is 1140 g/mol. The van der Waals surface area contributed by atoms with Crippen LogP contribution in [0.25, 0.3) is 0 Å². The third-order valence-electron chi connectivity index (χ3n) is 15.0. The van der Waals surface area contributed by atoms with Crippen LogP contribution in [0, 0.1) is 0 Å². The fourth-order valence-electron chi connectivity index (χ4n) is 9.75. The molecular formula is C76H130O6. The molecule has 0 heterocycles. The Morgan fingerprint density at radius 2 is 0.488 bits per heavy atom. The number of allylic oxidation sites excluding steroid dienone is 18. The van der Waals surface area contributed by atoms with Crippen molar-refractivity contribution in [2.45, 2.75) is 341 Å². The van der Waals surface area contributed by atoms with Crippen molar-refractivity contribution < 1.29 is 28.6 Å². The zero-order valence-corrected chi connectivity index (χ0v) is 54.0. The minimum absolute atomic E-state index is 0.0949. The van der Waals surface area contributed by atoms with Crippen LogP contribution in [-0.4, -0.2) is 37.2 Å². The van der Waals surface area contributed by atoms with Gasteiger partial charge in [-0.2, -0.15) is 0 Å². The van der Waals surface area contributed by atoms with E-state index in [4.69, 9.17) is 14.2 Å². The maximum Gasteiger partial charge on any atom is 0.306 e. The van der Waals surface area contributed by atoms with E-state index in [0.29, 0.717) is 12.8 Å². The minimum Gasteiger partial charge on any atom is -0.462 e. The first kappa shape index (κ1) is 78.1. The molecule has 0 fully saturated rings. The summed E-state index contributed by atoms with van der Waals surface area (Å²) in [5.74, 6) is -0.931. The topological polar surface area (TPSA) is 78.9 Å². The standard InChI is InChI=1S/C76H130O6/c1-4-7-10-13-16-19-22-25-28-30-32-33-34-35-36-37-38-39-40-41-42-43-45-46-48-51-54-57-60-63-66-69-75(78)81-72-73(71-80-74(77)68-65-62-59-56-53-50-27-24-21-18-15-12-9-6-3)82-76(79)70-67-64-61-58-55-52-49-47-44-31-29-26-23-20-17-14-11-8-5-2/h8,11,15,17-18,20,22,24-27,29-30,32,44,47,52,55,73H,4-7,9-10,12-14,16,19,21,23,28,31,33-43,45-46,48-51,53-54,56-72H2,1-3H3/b11-8-,18-15-,20-17-,25-22-,27-24-,29-26-,32-30-,47-44-,55-52-. The Bertz CT molecular complexity index is 1640. The summed E-state index contributed by atoms with van der Waals surface area (Å²) in [6, 6.07) is 0. The van der Waals surface area contributed by atoms with Crippen LogP contribution in [0.3, 0.4) is 0 Å². The van der Waals surface area contributed by atoms with Crippen LogP contribution in [0.4, 0.5) is 0 Å². The number of ether oxygens (including phenoxy) is 3. The number of rotatable bonds is 63. The minimum atomic E-state index is -0.804. The molecule has 0 spiro atoms. The van der Waals surface area contributed by atoms with E-state index < -0.39 is 6.10 Å². The van der Waals surface area contributed by atoms with E-state index in [1.807, 2.05) is 0 Å². The van der Waals surface area contributed by atoms with Gasteiger partial charge in [-0.3, -0.25) is 14.4 Å². The molecule has 82 heavy (non-hydrogen) atoms. The molecule has 0 bridgehead atoms. The van der Waals surface area contributed by atoms with Crippen LogP contribution in [0.2, 0.25) is 0 Å². The molecule has 0 N–H and O–H groups in total. The van der Waals surface area contributed by atoms with Crippen LogP contribution in [-0.2, 0) is 28.6 Å². The Morgan fingerprint density at radius 3 is 0.793 bits per heavy atom. The van der Waals surface area contributed by atoms with E-state index >= 15 is 0 Å². The van der Waals surface area contributed by atoms with E-state index in [1.54, 1.807) is 0 Å². The molecule has 6 nitrogen and oxygen atoms in total. The Morgan fingerprint density at radius 1 is 0.256 bits per heavy atom. The first-order valence-corrected chi connectivity index (χ1v) is 34.9. The summed E-state index contributed by atoms with van der Waals surface area (Å²) < 4.78 is 16.9. The summed E-state index contributed by atoms with van der Waals surface area (Å²) in [7, 11) is 0. The largest absolute Gasteiger partial charge is 0.462 e. The molecule has 0 saturated carbocycles. The molecule has 0 aliphatic rings. The highest BCUT2D eigenvalue weighted by Gasteiger charge is 2.19. The van der Waals surface area contributed by atoms with Gasteiger partial charge in [-0.05, 0) is 122 Å². The monoisotopic (exact) mass is 1140 g/mol. The Balaban J connectivity index is 4.27. The Hall–Kier alpha value is -3.93. The first-order chi connectivity index (χ1) is 40.5. The molecular weight excluding hydrogens is 1010 g/mol. The molecule has 6 heteroatoms. The number of carbonyl (C=O) groups is 3. The molecule has 0 aliphatic heterocycles. The summed E-state index contributed by atoms with van der Waals surface area (Å²) in [5, 5.41) is 0. The normalized spacial score (nSPS) is 12.8. The molecule has 0 saturated heterocycles. The number of hydrogen-bond donors (Lipinski definition) is 0. The lowest BCUT2D eigenvalue weighted by Gasteiger charge is -2.18. The van der Waals surface area contributed by atoms with Gasteiger partial charge in [0.25, 0.3) is 0 Å². The van der Waals surface area contributed by atoms with Gasteiger partial charge in [0.05, 0.1) is 0 Å². The van der Waals surface area contributed by atoms with Crippen molar-refractivity contribution in [1.29, 1.82) is 0 Å². The molecule has 1 unspecified atom stereocenters. The highest BCUT2D eigenvalue weighted by Crippen LogP contribution is 2.17. The second-order valence-electron chi connectivity index (χ2n) is 23.1. The van der Waals surface area contributed by atoms with Gasteiger partial charge >= 0.3 is 17.9 Å². The lowest BCUT2D eigenvalue weighted by Crippen LogP contribution is -2.30. The summed E-state index contributed by atoms with van der Waals surface area (Å²) in [5.41, 5.74) is 0. The molecule has 0 aromatic carbocycles. The van der Waals surface area contributed by atoms with Crippen molar-refractivity contribution in [3.05, 3.63) is 109 Å². The highest BCUT2D eigenvalue weighted by atomic mass is 16.6. The van der Waals surface area contributed by atoms with Crippen LogP contribution >= 0.6 is 0 Å². The predicted octanol–water partition coefficient (Wildman–Crippen LogP) is 24.2. The van der Waals surface area contributed by atoms with Gasteiger partial charge in [-0.1, -0.05) is 304 Å². The van der Waals surface area contributed by atoms with Gasteiger partial charge in [-0.15, -0.1) is 0 Å². The fourth-order valence-corrected chi connectivity index (χ4v) is 9.75. The summed E-state index contributed by atoms with van der Waals surface area (Å²) >= 11 is 0. The molecule has 0 aromatic rings. The number of esters is 3. The second-order valence-corrected chi connectivity index (χ2v) is 23.1. The zero-order valence-electron chi connectivity index (χ0n) is 54.0. The molecule has 1 atom stereocenters. The maximum atomic E-state index is 12.9. The van der Waals surface area contributed by atoms with Crippen molar-refractivity contribution in [3.63, 3.8) is 0 Å². The SMILES string of the molecule is CC/C=C\C/C=C\C/C=C\C/C=C\C/C=C\CCCCCC(=O)OC(COC(=O)CCCCCCC/C=C\C/C=C\CCCC)COC(=O)CCCCCCCCCCCCCCCCCCCCC/C=C\C/C=C\CCCCCCC. The molecule has 0 aliphatic carbocycles. The van der Waals surface area contributed by atoms with E-state index in [9.17, 15) is 14.4 Å². The van der Waals surface area contributed by atoms with E-state index in [0.717, 1.165) is 128 Å². The molecule has 0 aromatic heterocycles. The van der Waals surface area contributed by atoms with Crippen LogP contribution in [0.1, 0.15) is 335 Å². The summed E-state index contributed by atoms with van der Waals surface area (Å²) in [6.07, 6.45) is 95.5. The van der Waals surface area contributed by atoms with Crippen molar-refractivity contribution in [2.24, 2.45) is 0 Å². The van der Waals surface area contributed by atoms with Gasteiger partial charge < -0.3 is 14.2 Å². The fraction of sp³-hybridized carbons (Fsp3) is 0.724. The van der Waals surface area contributed by atoms with Crippen molar-refractivity contribution in [3.8, 4) is 0 Å². The lowest BCUT2D eigenvalue weighted by atomic mass is 10.0. The van der Waals surface area contributed by atoms with Crippen LogP contribution in [0.15, 0.2) is 109 Å². The second kappa shape index (κ2) is 69.6. The third-order valence-corrected chi connectivity index (χ3v) is 15.0. The number of carbonyl (C=O) groups excluding carboxylic acids is 3. The van der Waals surface area contributed by atoms with E-state index in [-0.39, 0.29) is 37.5 Å². The van der Waals surface area contributed by atoms with Crippen molar-refractivity contribution >= 4 is 17.9 Å². The van der Waals surface area contributed by atoms with E-state index in [1.165, 1.54) is 167 Å². The van der Waals surface area contributed by atoms with E-state index in [2.05, 4.69) is 130 Å². The summed E-state index contributed by atoms with van der Waals surface area (Å²) in [6.45, 7) is 6.47. The predicted molar refractivity (Wildman–Crippen MR) is 357 cm³/mol. The maximum absolute atomic E-state index is 12.9. The third kappa shape index (κ3) is 66.9. The molecule has 470 valence electrons. The smallest absolute Gasteiger partial charge is 0.306 e. The average Bonchev–Trinajstić information content (AvgIpc) is 3.47. The van der Waals surface area contributed by atoms with Crippen LogP contribution in [0.5, 0.6) is 0 Å². The zero-order chi connectivity index (χ0) is 59.2. The van der Waals surface area contributed by atoms with Gasteiger partial charge in [0.15, 0.2) is 6.10 Å². The molecule has 0 radical (unpaired) electrons. The molecule has 0 amide bonds.